The monoisotopic (exact) mass is 299 g/mol. The Kier molecular flexibility index (Phi) is 7.46. The van der Waals surface area contributed by atoms with Crippen LogP contribution in [0.4, 0.5) is 4.79 Å². The van der Waals surface area contributed by atoms with Gasteiger partial charge in [0, 0.05) is 25.2 Å². The molecule has 1 heterocycles. The number of ether oxygens (including phenoxy) is 1. The van der Waals surface area contributed by atoms with Crippen molar-refractivity contribution in [1.29, 1.82) is 0 Å². The molecule has 5 heteroatoms. The van der Waals surface area contributed by atoms with Gasteiger partial charge >= 0.3 is 6.09 Å². The Morgan fingerprint density at radius 1 is 1.33 bits per heavy atom. The fraction of sp³-hybridized carbons (Fsp3) is 0.938. The largest absolute Gasteiger partial charge is 0.444 e. The third-order valence-corrected chi connectivity index (χ3v) is 3.97. The van der Waals surface area contributed by atoms with Crippen molar-refractivity contribution in [1.82, 2.24) is 15.5 Å². The van der Waals surface area contributed by atoms with Crippen molar-refractivity contribution >= 4 is 6.09 Å². The van der Waals surface area contributed by atoms with Gasteiger partial charge in [-0.2, -0.15) is 0 Å². The van der Waals surface area contributed by atoms with Gasteiger partial charge in [-0.15, -0.1) is 0 Å². The van der Waals surface area contributed by atoms with E-state index in [0.29, 0.717) is 6.04 Å². The van der Waals surface area contributed by atoms with Crippen LogP contribution < -0.4 is 10.6 Å². The maximum absolute atomic E-state index is 11.8. The zero-order valence-corrected chi connectivity index (χ0v) is 14.4. The van der Waals surface area contributed by atoms with Gasteiger partial charge in [-0.05, 0) is 60.0 Å². The number of likely N-dealkylation sites (tertiary alicyclic amines) is 1. The number of nitrogens with zero attached hydrogens (tertiary/aromatic N) is 1. The van der Waals surface area contributed by atoms with Gasteiger partial charge in [-0.25, -0.2) is 4.79 Å². The lowest BCUT2D eigenvalue weighted by Crippen LogP contribution is -2.49. The van der Waals surface area contributed by atoms with Crippen LogP contribution >= 0.6 is 0 Å². The Labute approximate surface area is 129 Å². The lowest BCUT2D eigenvalue weighted by Gasteiger charge is -2.37. The van der Waals surface area contributed by atoms with Gasteiger partial charge in [0.1, 0.15) is 5.60 Å². The molecule has 1 saturated heterocycles. The van der Waals surface area contributed by atoms with Crippen LogP contribution in [0.5, 0.6) is 0 Å². The molecule has 1 atom stereocenters. The molecule has 0 aromatic rings. The maximum atomic E-state index is 11.8. The average molecular weight is 299 g/mol. The molecule has 0 spiro atoms. The summed E-state index contributed by atoms with van der Waals surface area (Å²) >= 11 is 0. The number of hydrogen-bond donors (Lipinski definition) is 2. The number of hydrogen-bond acceptors (Lipinski definition) is 4. The van der Waals surface area contributed by atoms with Crippen molar-refractivity contribution in [2.24, 2.45) is 0 Å². The number of alkyl carbamates (subject to hydrolysis) is 1. The zero-order chi connectivity index (χ0) is 15.9. The van der Waals surface area contributed by atoms with Gasteiger partial charge in [-0.1, -0.05) is 6.92 Å². The topological polar surface area (TPSA) is 53.6 Å². The molecule has 1 rings (SSSR count). The molecular formula is C16H33N3O2. The van der Waals surface area contributed by atoms with Crippen LogP contribution in [0, 0.1) is 0 Å². The summed E-state index contributed by atoms with van der Waals surface area (Å²) in [6, 6.07) is 0.901. The summed E-state index contributed by atoms with van der Waals surface area (Å²) in [5, 5.41) is 6.22. The van der Waals surface area contributed by atoms with E-state index in [1.807, 2.05) is 27.8 Å². The Morgan fingerprint density at radius 2 is 1.95 bits per heavy atom. The summed E-state index contributed by atoms with van der Waals surface area (Å²) in [5.41, 5.74) is -0.425. The van der Waals surface area contributed by atoms with E-state index in [-0.39, 0.29) is 12.1 Å². The molecule has 0 bridgehead atoms. The van der Waals surface area contributed by atoms with Crippen molar-refractivity contribution in [3.63, 3.8) is 0 Å². The fourth-order valence-electron chi connectivity index (χ4n) is 2.84. The number of carbonyl (C=O) groups excluding carboxylic acids is 1. The molecule has 0 radical (unpaired) electrons. The first-order valence-corrected chi connectivity index (χ1v) is 8.24. The van der Waals surface area contributed by atoms with E-state index in [1.54, 1.807) is 0 Å². The van der Waals surface area contributed by atoms with Gasteiger partial charge in [0.2, 0.25) is 0 Å². The molecule has 0 aliphatic carbocycles. The second-order valence-corrected chi connectivity index (χ2v) is 6.91. The first-order chi connectivity index (χ1) is 9.85. The summed E-state index contributed by atoms with van der Waals surface area (Å²) in [7, 11) is 2.00. The van der Waals surface area contributed by atoms with Crippen LogP contribution in [0.15, 0.2) is 0 Å². The molecule has 1 unspecified atom stereocenters. The van der Waals surface area contributed by atoms with Gasteiger partial charge in [0.15, 0.2) is 0 Å². The summed E-state index contributed by atoms with van der Waals surface area (Å²) in [6.07, 6.45) is 4.11. The molecule has 1 aliphatic rings. The van der Waals surface area contributed by atoms with Crippen LogP contribution in [-0.2, 0) is 4.74 Å². The third-order valence-electron chi connectivity index (χ3n) is 3.97. The first kappa shape index (κ1) is 18.2. The highest BCUT2D eigenvalue weighted by Crippen LogP contribution is 2.17. The highest BCUT2D eigenvalue weighted by atomic mass is 16.6. The highest BCUT2D eigenvalue weighted by molar-refractivity contribution is 5.68. The van der Waals surface area contributed by atoms with Crippen molar-refractivity contribution in [2.45, 2.75) is 71.1 Å². The number of carbonyl (C=O) groups is 1. The Balaban J connectivity index is 2.32. The fourth-order valence-corrected chi connectivity index (χ4v) is 2.84. The van der Waals surface area contributed by atoms with Gasteiger partial charge < -0.3 is 20.3 Å². The van der Waals surface area contributed by atoms with E-state index in [0.717, 1.165) is 32.5 Å². The Morgan fingerprint density at radius 3 is 2.43 bits per heavy atom. The predicted octanol–water partition coefficient (Wildman–Crippen LogP) is 2.36. The SMILES string of the molecule is CCC(CCNC)N1CCC(NC(=O)OC(C)(C)C)CC1. The minimum Gasteiger partial charge on any atom is -0.444 e. The molecule has 1 aliphatic heterocycles. The minimum absolute atomic E-state index is 0.248. The molecular weight excluding hydrogens is 266 g/mol. The standard InChI is InChI=1S/C16H33N3O2/c1-6-14(7-10-17-5)19-11-8-13(9-12-19)18-15(20)21-16(2,3)4/h13-14,17H,6-12H2,1-5H3,(H,18,20). The first-order valence-electron chi connectivity index (χ1n) is 8.24. The van der Waals surface area contributed by atoms with Crippen molar-refractivity contribution in [2.75, 3.05) is 26.7 Å². The second kappa shape index (κ2) is 8.59. The summed E-state index contributed by atoms with van der Waals surface area (Å²) in [5.74, 6) is 0. The van der Waals surface area contributed by atoms with Crippen LogP contribution in [0.25, 0.3) is 0 Å². The lowest BCUT2D eigenvalue weighted by atomic mass is 10.0. The second-order valence-electron chi connectivity index (χ2n) is 6.91. The smallest absolute Gasteiger partial charge is 0.407 e. The Hall–Kier alpha value is -0.810. The van der Waals surface area contributed by atoms with E-state index in [2.05, 4.69) is 22.5 Å². The van der Waals surface area contributed by atoms with Crippen LogP contribution in [0.1, 0.15) is 53.4 Å². The molecule has 0 saturated carbocycles. The van der Waals surface area contributed by atoms with Crippen LogP contribution in [-0.4, -0.2) is 55.4 Å². The van der Waals surface area contributed by atoms with Crippen molar-refractivity contribution < 1.29 is 9.53 Å². The third kappa shape index (κ3) is 7.14. The molecule has 21 heavy (non-hydrogen) atoms. The van der Waals surface area contributed by atoms with Crippen molar-refractivity contribution in [3.05, 3.63) is 0 Å². The van der Waals surface area contributed by atoms with Gasteiger partial charge in [0.25, 0.3) is 0 Å². The van der Waals surface area contributed by atoms with Gasteiger partial charge in [-0.3, -0.25) is 0 Å². The molecule has 0 aromatic heterocycles. The average Bonchev–Trinajstić information content (AvgIpc) is 2.39. The van der Waals surface area contributed by atoms with E-state index < -0.39 is 5.60 Å². The van der Waals surface area contributed by atoms with Crippen LogP contribution in [0.3, 0.4) is 0 Å². The van der Waals surface area contributed by atoms with E-state index in [1.165, 1.54) is 12.8 Å². The number of rotatable bonds is 6. The lowest BCUT2D eigenvalue weighted by molar-refractivity contribution is 0.0465. The molecule has 1 amide bonds. The molecule has 5 nitrogen and oxygen atoms in total. The van der Waals surface area contributed by atoms with E-state index >= 15 is 0 Å². The maximum Gasteiger partial charge on any atom is 0.407 e. The van der Waals surface area contributed by atoms with Crippen LogP contribution in [0.2, 0.25) is 0 Å². The summed E-state index contributed by atoms with van der Waals surface area (Å²) in [6.45, 7) is 11.1. The quantitative estimate of drug-likeness (QED) is 0.790. The summed E-state index contributed by atoms with van der Waals surface area (Å²) in [4.78, 5) is 14.3. The Bertz CT molecular complexity index is 307. The number of piperidine rings is 1. The predicted molar refractivity (Wildman–Crippen MR) is 86.6 cm³/mol. The van der Waals surface area contributed by atoms with E-state index in [4.69, 9.17) is 4.74 Å². The number of amides is 1. The normalized spacial score (nSPS) is 19.3. The molecule has 124 valence electrons. The van der Waals surface area contributed by atoms with Crippen molar-refractivity contribution in [3.8, 4) is 0 Å². The zero-order valence-electron chi connectivity index (χ0n) is 14.4. The highest BCUT2D eigenvalue weighted by Gasteiger charge is 2.26. The number of nitrogens with one attached hydrogen (secondary N) is 2. The van der Waals surface area contributed by atoms with E-state index in [9.17, 15) is 4.79 Å². The molecule has 2 N–H and O–H groups in total. The summed E-state index contributed by atoms with van der Waals surface area (Å²) < 4.78 is 5.32. The minimum atomic E-state index is -0.425. The van der Waals surface area contributed by atoms with Gasteiger partial charge in [0.05, 0.1) is 0 Å². The molecule has 1 fully saturated rings. The molecule has 0 aromatic carbocycles.